The van der Waals surface area contributed by atoms with E-state index in [1.54, 1.807) is 0 Å². The molecule has 1 fully saturated rings. The van der Waals surface area contributed by atoms with Crippen molar-refractivity contribution < 1.29 is 0 Å². The van der Waals surface area contributed by atoms with Gasteiger partial charge in [0.25, 0.3) is 0 Å². The second-order valence-electron chi connectivity index (χ2n) is 2.55. The molecule has 1 unspecified atom stereocenters. The Balaban J connectivity index is 2.03. The van der Waals surface area contributed by atoms with Gasteiger partial charge in [0.05, 0.1) is 6.04 Å². The number of hydrogen-bond donors (Lipinski definition) is 1. The van der Waals surface area contributed by atoms with Crippen LogP contribution in [0, 0.1) is 0 Å². The lowest BCUT2D eigenvalue weighted by molar-refractivity contribution is 0.192. The molecule has 3 heteroatoms. The smallest absolute Gasteiger partial charge is 0.0645 e. The van der Waals surface area contributed by atoms with Crippen molar-refractivity contribution in [3.63, 3.8) is 0 Å². The number of piperazine rings is 1. The Morgan fingerprint density at radius 3 is 3.56 bits per heavy atom. The van der Waals surface area contributed by atoms with Crippen molar-refractivity contribution in [2.24, 2.45) is 5.10 Å². The summed E-state index contributed by atoms with van der Waals surface area (Å²) in [6, 6.07) is 0.666. The molecule has 1 N–H and O–H groups in total. The van der Waals surface area contributed by atoms with E-state index in [9.17, 15) is 0 Å². The monoisotopic (exact) mass is 125 g/mol. The Morgan fingerprint density at radius 1 is 1.67 bits per heavy atom. The van der Waals surface area contributed by atoms with Crippen LogP contribution >= 0.6 is 0 Å². The van der Waals surface area contributed by atoms with E-state index in [4.69, 9.17) is 0 Å². The Labute approximate surface area is 54.7 Å². The molecule has 2 heterocycles. The predicted octanol–water partition coefficient (Wildman–Crippen LogP) is -0.350. The van der Waals surface area contributed by atoms with Gasteiger partial charge in [-0.1, -0.05) is 0 Å². The highest BCUT2D eigenvalue weighted by atomic mass is 15.5. The summed E-state index contributed by atoms with van der Waals surface area (Å²) in [4.78, 5) is 0. The average molecular weight is 125 g/mol. The maximum atomic E-state index is 4.23. The molecule has 9 heavy (non-hydrogen) atoms. The van der Waals surface area contributed by atoms with Gasteiger partial charge in [-0.15, -0.1) is 0 Å². The quantitative estimate of drug-likeness (QED) is 0.479. The van der Waals surface area contributed by atoms with Gasteiger partial charge >= 0.3 is 0 Å². The normalized spacial score (nSPS) is 32.9. The van der Waals surface area contributed by atoms with Gasteiger partial charge in [-0.3, -0.25) is 5.01 Å². The molecule has 2 aliphatic heterocycles. The van der Waals surface area contributed by atoms with Gasteiger partial charge in [-0.25, -0.2) is 0 Å². The Kier molecular flexibility index (Phi) is 1.16. The molecule has 0 bridgehead atoms. The molecule has 1 atom stereocenters. The average Bonchev–Trinajstić information content (AvgIpc) is 2.33. The third-order valence-corrected chi connectivity index (χ3v) is 1.93. The van der Waals surface area contributed by atoms with E-state index in [0.29, 0.717) is 6.04 Å². The van der Waals surface area contributed by atoms with E-state index >= 15 is 0 Å². The van der Waals surface area contributed by atoms with Crippen molar-refractivity contribution in [3.8, 4) is 0 Å². The fraction of sp³-hybridized carbons (Fsp3) is 0.833. The summed E-state index contributed by atoms with van der Waals surface area (Å²) in [5, 5.41) is 9.74. The molecule has 0 aliphatic carbocycles. The van der Waals surface area contributed by atoms with Crippen LogP contribution in [0.2, 0.25) is 0 Å². The van der Waals surface area contributed by atoms with Gasteiger partial charge in [0.15, 0.2) is 0 Å². The largest absolute Gasteiger partial charge is 0.313 e. The molecule has 2 aliphatic rings. The molecule has 0 aromatic rings. The molecule has 50 valence electrons. The lowest BCUT2D eigenvalue weighted by atomic mass is 10.2. The molecule has 2 rings (SSSR count). The fourth-order valence-corrected chi connectivity index (χ4v) is 1.38. The summed E-state index contributed by atoms with van der Waals surface area (Å²) >= 11 is 0. The second kappa shape index (κ2) is 1.99. The minimum atomic E-state index is 0.666. The fourth-order valence-electron chi connectivity index (χ4n) is 1.38. The number of fused-ring (bicyclic) bond motifs is 1. The summed E-state index contributed by atoms with van der Waals surface area (Å²) in [5.41, 5.74) is 0. The molecule has 0 amide bonds. The summed E-state index contributed by atoms with van der Waals surface area (Å²) in [6.07, 6.45) is 3.14. The molecule has 0 aromatic carbocycles. The third kappa shape index (κ3) is 0.812. The van der Waals surface area contributed by atoms with Crippen LogP contribution in [-0.2, 0) is 0 Å². The molecule has 0 saturated carbocycles. The van der Waals surface area contributed by atoms with Crippen molar-refractivity contribution in [1.82, 2.24) is 10.3 Å². The van der Waals surface area contributed by atoms with E-state index < -0.39 is 0 Å². The Bertz CT molecular complexity index is 132. The van der Waals surface area contributed by atoms with E-state index in [1.165, 1.54) is 0 Å². The van der Waals surface area contributed by atoms with Crippen molar-refractivity contribution >= 4 is 6.21 Å². The van der Waals surface area contributed by atoms with Crippen LogP contribution in [-0.4, -0.2) is 36.9 Å². The number of nitrogens with zero attached hydrogens (tertiary/aromatic N) is 2. The summed E-state index contributed by atoms with van der Waals surface area (Å²) in [6.45, 7) is 3.29. The lowest BCUT2D eigenvalue weighted by Crippen LogP contribution is -2.46. The van der Waals surface area contributed by atoms with Crippen LogP contribution < -0.4 is 5.32 Å². The molecular weight excluding hydrogens is 114 g/mol. The van der Waals surface area contributed by atoms with Crippen molar-refractivity contribution in [3.05, 3.63) is 0 Å². The van der Waals surface area contributed by atoms with Crippen LogP contribution in [0.15, 0.2) is 5.10 Å². The highest BCUT2D eigenvalue weighted by Gasteiger charge is 2.22. The van der Waals surface area contributed by atoms with Crippen molar-refractivity contribution in [1.29, 1.82) is 0 Å². The molecule has 3 nitrogen and oxygen atoms in total. The first kappa shape index (κ1) is 5.23. The molecule has 0 radical (unpaired) electrons. The van der Waals surface area contributed by atoms with E-state index in [1.807, 2.05) is 6.21 Å². The first-order chi connectivity index (χ1) is 4.47. The van der Waals surface area contributed by atoms with E-state index in [0.717, 1.165) is 26.1 Å². The Hall–Kier alpha value is -0.570. The molecular formula is C6H11N3. The van der Waals surface area contributed by atoms with Gasteiger partial charge in [0, 0.05) is 32.3 Å². The van der Waals surface area contributed by atoms with E-state index in [-0.39, 0.29) is 0 Å². The zero-order chi connectivity index (χ0) is 6.10. The number of nitrogens with one attached hydrogen (secondary N) is 1. The maximum Gasteiger partial charge on any atom is 0.0645 e. The van der Waals surface area contributed by atoms with Gasteiger partial charge in [0.2, 0.25) is 0 Å². The lowest BCUT2D eigenvalue weighted by Gasteiger charge is -2.28. The van der Waals surface area contributed by atoms with Crippen molar-refractivity contribution in [2.45, 2.75) is 12.5 Å². The van der Waals surface area contributed by atoms with Crippen LogP contribution in [0.4, 0.5) is 0 Å². The number of hydrazone groups is 1. The second-order valence-corrected chi connectivity index (χ2v) is 2.55. The first-order valence-electron chi connectivity index (χ1n) is 3.46. The number of hydrogen-bond acceptors (Lipinski definition) is 3. The minimum absolute atomic E-state index is 0.666. The van der Waals surface area contributed by atoms with Gasteiger partial charge in [0.1, 0.15) is 0 Å². The maximum absolute atomic E-state index is 4.23. The van der Waals surface area contributed by atoms with Gasteiger partial charge in [-0.2, -0.15) is 5.10 Å². The van der Waals surface area contributed by atoms with Crippen molar-refractivity contribution in [2.75, 3.05) is 19.6 Å². The van der Waals surface area contributed by atoms with Crippen LogP contribution in [0.25, 0.3) is 0 Å². The number of rotatable bonds is 0. The third-order valence-electron chi connectivity index (χ3n) is 1.93. The van der Waals surface area contributed by atoms with E-state index in [2.05, 4.69) is 15.4 Å². The molecule has 1 saturated heterocycles. The van der Waals surface area contributed by atoms with Crippen LogP contribution in [0.1, 0.15) is 6.42 Å². The highest BCUT2D eigenvalue weighted by molar-refractivity contribution is 5.60. The van der Waals surface area contributed by atoms with Crippen LogP contribution in [0.5, 0.6) is 0 Å². The minimum Gasteiger partial charge on any atom is -0.313 e. The molecule has 0 aromatic heterocycles. The zero-order valence-electron chi connectivity index (χ0n) is 5.38. The topological polar surface area (TPSA) is 27.6 Å². The van der Waals surface area contributed by atoms with Gasteiger partial charge < -0.3 is 5.32 Å². The summed E-state index contributed by atoms with van der Waals surface area (Å²) in [5.74, 6) is 0. The predicted molar refractivity (Wildman–Crippen MR) is 36.5 cm³/mol. The standard InChI is InChI=1S/C6H11N3/c1-2-8-9-4-3-7-5-6(1)9/h2,6-7H,1,3-5H2. The Morgan fingerprint density at radius 2 is 2.67 bits per heavy atom. The summed E-state index contributed by atoms with van der Waals surface area (Å²) in [7, 11) is 0. The summed E-state index contributed by atoms with van der Waals surface area (Å²) < 4.78 is 0. The highest BCUT2D eigenvalue weighted by Crippen LogP contribution is 2.11. The molecule has 0 spiro atoms. The first-order valence-corrected chi connectivity index (χ1v) is 3.46. The SMILES string of the molecule is C1=NN2CCNCC2C1. The van der Waals surface area contributed by atoms with Crippen LogP contribution in [0.3, 0.4) is 0 Å². The zero-order valence-corrected chi connectivity index (χ0v) is 5.38. The van der Waals surface area contributed by atoms with Gasteiger partial charge in [-0.05, 0) is 0 Å².